The molecular weight excluding hydrogens is 200 g/mol. The van der Waals surface area contributed by atoms with Gasteiger partial charge in [-0.05, 0) is 36.1 Å². The molecule has 0 amide bonds. The summed E-state index contributed by atoms with van der Waals surface area (Å²) >= 11 is 0. The Kier molecular flexibility index (Phi) is 3.16. The Morgan fingerprint density at radius 2 is 2.44 bits per heavy atom. The maximum atomic E-state index is 10.2. The Morgan fingerprint density at radius 3 is 3.19 bits per heavy atom. The average Bonchev–Trinajstić information content (AvgIpc) is 2.69. The lowest BCUT2D eigenvalue weighted by Gasteiger charge is -2.11. The molecule has 1 N–H and O–H groups in total. The van der Waals surface area contributed by atoms with Gasteiger partial charge in [0, 0.05) is 6.04 Å². The molecule has 0 radical (unpaired) electrons. The van der Waals surface area contributed by atoms with Crippen LogP contribution in [0.15, 0.2) is 23.2 Å². The highest BCUT2D eigenvalue weighted by atomic mass is 16.1. The normalized spacial score (nSPS) is 17.3. The maximum Gasteiger partial charge on any atom is 0.240 e. The van der Waals surface area contributed by atoms with Crippen LogP contribution in [0.4, 0.5) is 5.69 Å². The topological polar surface area (TPSA) is 41.5 Å². The second-order valence-corrected chi connectivity index (χ2v) is 3.76. The molecule has 0 aromatic heterocycles. The molecule has 16 heavy (non-hydrogen) atoms. The van der Waals surface area contributed by atoms with Gasteiger partial charge in [-0.25, -0.2) is 4.79 Å². The number of carbonyl (C=O) groups excluding carboxylic acids is 1. The first-order chi connectivity index (χ1) is 7.85. The number of rotatable bonds is 3. The number of aliphatic imine (C=N–C) groups is 1. The molecule has 0 saturated heterocycles. The summed E-state index contributed by atoms with van der Waals surface area (Å²) in [5, 5.41) is 3.28. The Morgan fingerprint density at radius 1 is 1.56 bits per heavy atom. The number of benzene rings is 1. The minimum absolute atomic E-state index is 0.285. The van der Waals surface area contributed by atoms with Crippen molar-refractivity contribution in [2.24, 2.45) is 4.99 Å². The van der Waals surface area contributed by atoms with Crippen LogP contribution in [-0.4, -0.2) is 12.6 Å². The molecule has 3 nitrogen and oxygen atoms in total. The number of isocyanates is 1. The third-order valence-electron chi connectivity index (χ3n) is 2.83. The molecular formula is C13H12N2O. The van der Waals surface area contributed by atoms with Gasteiger partial charge < -0.3 is 0 Å². The molecule has 3 heteroatoms. The van der Waals surface area contributed by atoms with Gasteiger partial charge in [-0.1, -0.05) is 12.0 Å². The second-order valence-electron chi connectivity index (χ2n) is 3.76. The molecule has 1 aromatic rings. The van der Waals surface area contributed by atoms with Gasteiger partial charge in [0.05, 0.1) is 12.2 Å². The predicted octanol–water partition coefficient (Wildman–Crippen LogP) is 1.86. The van der Waals surface area contributed by atoms with Crippen molar-refractivity contribution in [3.8, 4) is 12.3 Å². The zero-order chi connectivity index (χ0) is 11.4. The highest BCUT2D eigenvalue weighted by Crippen LogP contribution is 2.33. The van der Waals surface area contributed by atoms with Crippen LogP contribution in [0.3, 0.4) is 0 Å². The lowest BCUT2D eigenvalue weighted by Crippen LogP contribution is -2.19. The third kappa shape index (κ3) is 2.04. The first-order valence-electron chi connectivity index (χ1n) is 5.22. The SMILES string of the molecule is C#CCNC1CCc2ccc(N=C=O)cc21. The van der Waals surface area contributed by atoms with E-state index in [1.807, 2.05) is 18.2 Å². The standard InChI is InChI=1S/C13H12N2O/c1-2-7-14-13-6-4-10-3-5-11(15-9-16)8-12(10)13/h1,3,5,8,13-14H,4,6-7H2. The maximum absolute atomic E-state index is 10.2. The van der Waals surface area contributed by atoms with E-state index in [1.165, 1.54) is 11.1 Å². The average molecular weight is 212 g/mol. The summed E-state index contributed by atoms with van der Waals surface area (Å²) in [5.74, 6) is 2.57. The van der Waals surface area contributed by atoms with Gasteiger partial charge in [-0.2, -0.15) is 4.99 Å². The molecule has 1 aliphatic carbocycles. The molecule has 1 unspecified atom stereocenters. The van der Waals surface area contributed by atoms with Crippen LogP contribution in [0.1, 0.15) is 23.6 Å². The Bertz CT molecular complexity index is 481. The largest absolute Gasteiger partial charge is 0.299 e. The summed E-state index contributed by atoms with van der Waals surface area (Å²) < 4.78 is 0. The van der Waals surface area contributed by atoms with E-state index in [0.717, 1.165) is 12.8 Å². The second kappa shape index (κ2) is 4.76. The van der Waals surface area contributed by atoms with Crippen LogP contribution in [0.5, 0.6) is 0 Å². The van der Waals surface area contributed by atoms with E-state index < -0.39 is 0 Å². The lowest BCUT2D eigenvalue weighted by atomic mass is 10.1. The molecule has 0 heterocycles. The lowest BCUT2D eigenvalue weighted by molar-refractivity contribution is 0.565. The van der Waals surface area contributed by atoms with E-state index in [0.29, 0.717) is 12.2 Å². The predicted molar refractivity (Wildman–Crippen MR) is 62.1 cm³/mol. The highest BCUT2D eigenvalue weighted by molar-refractivity contribution is 5.53. The Hall–Kier alpha value is -1.88. The van der Waals surface area contributed by atoms with Crippen LogP contribution < -0.4 is 5.32 Å². The molecule has 0 bridgehead atoms. The van der Waals surface area contributed by atoms with Crippen LogP contribution in [-0.2, 0) is 11.2 Å². The van der Waals surface area contributed by atoms with Crippen LogP contribution in [0.25, 0.3) is 0 Å². The molecule has 1 atom stereocenters. The molecule has 0 fully saturated rings. The third-order valence-corrected chi connectivity index (χ3v) is 2.83. The van der Waals surface area contributed by atoms with Crippen LogP contribution >= 0.6 is 0 Å². The van der Waals surface area contributed by atoms with E-state index in [9.17, 15) is 4.79 Å². The summed E-state index contributed by atoms with van der Waals surface area (Å²) in [7, 11) is 0. The summed E-state index contributed by atoms with van der Waals surface area (Å²) in [6.07, 6.45) is 8.87. The van der Waals surface area contributed by atoms with Crippen LogP contribution in [0.2, 0.25) is 0 Å². The number of terminal acetylenes is 1. The molecule has 0 spiro atoms. The van der Waals surface area contributed by atoms with Crippen molar-refractivity contribution in [3.63, 3.8) is 0 Å². The van der Waals surface area contributed by atoms with E-state index >= 15 is 0 Å². The van der Waals surface area contributed by atoms with E-state index in [-0.39, 0.29) is 6.04 Å². The van der Waals surface area contributed by atoms with E-state index in [1.54, 1.807) is 6.08 Å². The quantitative estimate of drug-likeness (QED) is 0.472. The van der Waals surface area contributed by atoms with Gasteiger partial charge in [0.1, 0.15) is 0 Å². The fraction of sp³-hybridized carbons (Fsp3) is 0.308. The molecule has 1 aromatic carbocycles. The fourth-order valence-electron chi connectivity index (χ4n) is 2.11. The van der Waals surface area contributed by atoms with Gasteiger partial charge >= 0.3 is 0 Å². The van der Waals surface area contributed by atoms with Crippen molar-refractivity contribution in [2.75, 3.05) is 6.54 Å². The van der Waals surface area contributed by atoms with Crippen molar-refractivity contribution in [3.05, 3.63) is 29.3 Å². The van der Waals surface area contributed by atoms with E-state index in [2.05, 4.69) is 16.2 Å². The van der Waals surface area contributed by atoms with Gasteiger partial charge in [-0.3, -0.25) is 5.32 Å². The summed E-state index contributed by atoms with van der Waals surface area (Å²) in [6, 6.07) is 6.07. The molecule has 1 aliphatic rings. The summed E-state index contributed by atoms with van der Waals surface area (Å²) in [4.78, 5) is 13.8. The zero-order valence-corrected chi connectivity index (χ0v) is 8.86. The molecule has 80 valence electrons. The number of hydrogen-bond acceptors (Lipinski definition) is 3. The minimum atomic E-state index is 0.285. The monoisotopic (exact) mass is 212 g/mol. The zero-order valence-electron chi connectivity index (χ0n) is 8.86. The van der Waals surface area contributed by atoms with Gasteiger partial charge in [-0.15, -0.1) is 6.42 Å². The minimum Gasteiger partial charge on any atom is -0.299 e. The van der Waals surface area contributed by atoms with Crippen molar-refractivity contribution in [2.45, 2.75) is 18.9 Å². The first-order valence-corrected chi connectivity index (χ1v) is 5.22. The molecule has 0 aliphatic heterocycles. The van der Waals surface area contributed by atoms with Crippen molar-refractivity contribution in [1.82, 2.24) is 5.32 Å². The van der Waals surface area contributed by atoms with E-state index in [4.69, 9.17) is 6.42 Å². The fourth-order valence-corrected chi connectivity index (χ4v) is 2.11. The van der Waals surface area contributed by atoms with Gasteiger partial charge in [0.25, 0.3) is 0 Å². The summed E-state index contributed by atoms with van der Waals surface area (Å²) in [6.45, 7) is 0.561. The van der Waals surface area contributed by atoms with Crippen molar-refractivity contribution < 1.29 is 4.79 Å². The smallest absolute Gasteiger partial charge is 0.240 e. The van der Waals surface area contributed by atoms with Crippen LogP contribution in [0, 0.1) is 12.3 Å². The Balaban J connectivity index is 2.26. The van der Waals surface area contributed by atoms with Gasteiger partial charge in [0.2, 0.25) is 6.08 Å². The first kappa shape index (κ1) is 10.6. The van der Waals surface area contributed by atoms with Crippen molar-refractivity contribution in [1.29, 1.82) is 0 Å². The number of fused-ring (bicyclic) bond motifs is 1. The number of aryl methyl sites for hydroxylation is 1. The number of nitrogens with zero attached hydrogens (tertiary/aromatic N) is 1. The van der Waals surface area contributed by atoms with Crippen molar-refractivity contribution >= 4 is 11.8 Å². The molecule has 0 saturated carbocycles. The molecule has 2 rings (SSSR count). The van der Waals surface area contributed by atoms with Gasteiger partial charge in [0.15, 0.2) is 0 Å². The summed E-state index contributed by atoms with van der Waals surface area (Å²) in [5.41, 5.74) is 3.16. The number of hydrogen-bond donors (Lipinski definition) is 1. The highest BCUT2D eigenvalue weighted by Gasteiger charge is 2.21. The number of nitrogens with one attached hydrogen (secondary N) is 1. The Labute approximate surface area is 94.6 Å².